The third-order valence-electron chi connectivity index (χ3n) is 6.04. The fourth-order valence-electron chi connectivity index (χ4n) is 4.62. The first-order chi connectivity index (χ1) is 12.8. The number of carbonyl (C=O) groups is 1. The van der Waals surface area contributed by atoms with Gasteiger partial charge in [-0.25, -0.2) is 0 Å². The van der Waals surface area contributed by atoms with Crippen LogP contribution in [-0.2, 0) is 20.9 Å². The predicted octanol–water partition coefficient (Wildman–Crippen LogP) is 2.96. The van der Waals surface area contributed by atoms with Gasteiger partial charge in [0.15, 0.2) is 0 Å². The number of hydrogen-bond donors (Lipinski definition) is 0. The van der Waals surface area contributed by atoms with Crippen LogP contribution in [0.25, 0.3) is 0 Å². The number of carbonyl (C=O) groups excluding carboxylic acids is 1. The van der Waals surface area contributed by atoms with Crippen LogP contribution in [0.4, 0.5) is 0 Å². The maximum atomic E-state index is 12.9. The fraction of sp³-hybridized carbons (Fsp3) is 0.619. The lowest BCUT2D eigenvalue weighted by Crippen LogP contribution is -2.58. The lowest BCUT2D eigenvalue weighted by Gasteiger charge is -2.50. The molecule has 2 aliphatic heterocycles. The van der Waals surface area contributed by atoms with Crippen molar-refractivity contribution in [3.8, 4) is 0 Å². The Morgan fingerprint density at radius 1 is 1.38 bits per heavy atom. The Morgan fingerprint density at radius 2 is 2.27 bits per heavy atom. The number of piperidine rings is 1. The molecule has 26 heavy (non-hydrogen) atoms. The summed E-state index contributed by atoms with van der Waals surface area (Å²) in [6.07, 6.45) is 12.9. The summed E-state index contributed by atoms with van der Waals surface area (Å²) < 4.78 is 12.2. The highest BCUT2D eigenvalue weighted by Gasteiger charge is 2.47. The molecule has 3 heterocycles. The number of ether oxygens (including phenoxy) is 2. The van der Waals surface area contributed by atoms with E-state index in [2.05, 4.69) is 22.0 Å². The van der Waals surface area contributed by atoms with E-state index in [1.165, 1.54) is 0 Å². The summed E-state index contributed by atoms with van der Waals surface area (Å²) in [5, 5.41) is 0. The summed E-state index contributed by atoms with van der Waals surface area (Å²) in [6, 6.07) is 3.96. The van der Waals surface area contributed by atoms with Crippen LogP contribution < -0.4 is 0 Å². The van der Waals surface area contributed by atoms with Gasteiger partial charge >= 0.3 is 0 Å². The Hall–Kier alpha value is -1.72. The van der Waals surface area contributed by atoms with Gasteiger partial charge in [0.05, 0.1) is 19.3 Å². The average Bonchev–Trinajstić information content (AvgIpc) is 3.22. The Morgan fingerprint density at radius 3 is 3.08 bits per heavy atom. The Bertz CT molecular complexity index is 640. The molecule has 0 aromatic carbocycles. The molecular formula is C21H28N2O3. The van der Waals surface area contributed by atoms with E-state index in [4.69, 9.17) is 9.47 Å². The van der Waals surface area contributed by atoms with Gasteiger partial charge in [-0.15, -0.1) is 0 Å². The SMILES string of the molecule is O=C(C1CC=CC1)N1CC[C@H]2OCCC[C@]2(COCc2cccnc2)C1. The lowest BCUT2D eigenvalue weighted by atomic mass is 9.72. The zero-order chi connectivity index (χ0) is 17.8. The van der Waals surface area contributed by atoms with Gasteiger partial charge in [-0.05, 0) is 43.7 Å². The van der Waals surface area contributed by atoms with Crippen LogP contribution in [0.15, 0.2) is 36.7 Å². The third-order valence-corrected chi connectivity index (χ3v) is 6.04. The molecule has 1 aliphatic carbocycles. The molecule has 0 saturated carbocycles. The highest BCUT2D eigenvalue weighted by molar-refractivity contribution is 5.79. The van der Waals surface area contributed by atoms with Gasteiger partial charge in [0.1, 0.15) is 0 Å². The fourth-order valence-corrected chi connectivity index (χ4v) is 4.62. The number of hydrogen-bond acceptors (Lipinski definition) is 4. The quantitative estimate of drug-likeness (QED) is 0.761. The van der Waals surface area contributed by atoms with E-state index in [-0.39, 0.29) is 17.4 Å². The van der Waals surface area contributed by atoms with E-state index in [9.17, 15) is 4.79 Å². The number of amides is 1. The lowest BCUT2D eigenvalue weighted by molar-refractivity contribution is -0.168. The minimum Gasteiger partial charge on any atom is -0.377 e. The van der Waals surface area contributed by atoms with Crippen molar-refractivity contribution < 1.29 is 14.3 Å². The summed E-state index contributed by atoms with van der Waals surface area (Å²) in [5.41, 5.74) is 1.01. The molecule has 4 rings (SSSR count). The monoisotopic (exact) mass is 356 g/mol. The molecule has 0 N–H and O–H groups in total. The van der Waals surface area contributed by atoms with Gasteiger partial charge in [0.2, 0.25) is 5.91 Å². The molecule has 2 saturated heterocycles. The number of likely N-dealkylation sites (tertiary alicyclic amines) is 1. The van der Waals surface area contributed by atoms with Crippen LogP contribution >= 0.6 is 0 Å². The normalized spacial score (nSPS) is 28.9. The van der Waals surface area contributed by atoms with Crippen molar-refractivity contribution in [1.82, 2.24) is 9.88 Å². The molecule has 0 spiro atoms. The van der Waals surface area contributed by atoms with E-state index < -0.39 is 0 Å². The van der Waals surface area contributed by atoms with Gasteiger partial charge in [-0.3, -0.25) is 9.78 Å². The van der Waals surface area contributed by atoms with Crippen molar-refractivity contribution in [1.29, 1.82) is 0 Å². The van der Waals surface area contributed by atoms with Crippen molar-refractivity contribution >= 4 is 5.91 Å². The number of allylic oxidation sites excluding steroid dienone is 2. The minimum absolute atomic E-state index is 0.0690. The Labute approximate surface area is 155 Å². The van der Waals surface area contributed by atoms with E-state index in [1.807, 2.05) is 18.3 Å². The smallest absolute Gasteiger partial charge is 0.226 e. The molecule has 1 aromatic heterocycles. The van der Waals surface area contributed by atoms with Gasteiger partial charge in [0.25, 0.3) is 0 Å². The summed E-state index contributed by atoms with van der Waals surface area (Å²) in [6.45, 7) is 3.60. The highest BCUT2D eigenvalue weighted by Crippen LogP contribution is 2.41. The molecule has 0 unspecified atom stereocenters. The van der Waals surface area contributed by atoms with Crippen molar-refractivity contribution in [2.24, 2.45) is 11.3 Å². The molecule has 0 bridgehead atoms. The Balaban J connectivity index is 1.41. The first-order valence-electron chi connectivity index (χ1n) is 9.79. The number of rotatable bonds is 5. The summed E-state index contributed by atoms with van der Waals surface area (Å²) in [4.78, 5) is 19.1. The first kappa shape index (κ1) is 17.7. The van der Waals surface area contributed by atoms with Crippen LogP contribution in [-0.4, -0.2) is 48.2 Å². The van der Waals surface area contributed by atoms with Crippen molar-refractivity contribution in [2.75, 3.05) is 26.3 Å². The standard InChI is InChI=1S/C21H28N2O3/c24-20(18-6-1-2-7-18)23-11-8-19-21(15-23,9-4-12-26-19)16-25-14-17-5-3-10-22-13-17/h1-3,5,10,13,18-19H,4,6-9,11-12,14-16H2/t19-,21-/m1/s1. The second-order valence-electron chi connectivity index (χ2n) is 7.87. The van der Waals surface area contributed by atoms with E-state index in [0.717, 1.165) is 57.4 Å². The van der Waals surface area contributed by atoms with Crippen LogP contribution in [0.5, 0.6) is 0 Å². The molecule has 3 aliphatic rings. The summed E-state index contributed by atoms with van der Waals surface area (Å²) in [7, 11) is 0. The van der Waals surface area contributed by atoms with Crippen molar-refractivity contribution in [2.45, 2.75) is 44.8 Å². The first-order valence-corrected chi connectivity index (χ1v) is 9.79. The summed E-state index contributed by atoms with van der Waals surface area (Å²) >= 11 is 0. The largest absolute Gasteiger partial charge is 0.377 e. The van der Waals surface area contributed by atoms with Gasteiger partial charge in [-0.1, -0.05) is 18.2 Å². The zero-order valence-corrected chi connectivity index (χ0v) is 15.3. The molecule has 2 fully saturated rings. The molecule has 0 radical (unpaired) electrons. The van der Waals surface area contributed by atoms with E-state index >= 15 is 0 Å². The third kappa shape index (κ3) is 3.69. The Kier molecular flexibility index (Phi) is 5.36. The molecule has 2 atom stereocenters. The minimum atomic E-state index is -0.0690. The maximum absolute atomic E-state index is 12.9. The predicted molar refractivity (Wildman–Crippen MR) is 98.4 cm³/mol. The second kappa shape index (κ2) is 7.89. The number of pyridine rings is 1. The number of fused-ring (bicyclic) bond motifs is 1. The topological polar surface area (TPSA) is 51.7 Å². The van der Waals surface area contributed by atoms with Crippen molar-refractivity contribution in [3.05, 3.63) is 42.2 Å². The summed E-state index contributed by atoms with van der Waals surface area (Å²) in [5.74, 6) is 0.454. The molecule has 140 valence electrons. The molecule has 5 heteroatoms. The van der Waals surface area contributed by atoms with E-state index in [0.29, 0.717) is 19.1 Å². The molecule has 5 nitrogen and oxygen atoms in total. The maximum Gasteiger partial charge on any atom is 0.226 e. The van der Waals surface area contributed by atoms with Crippen LogP contribution in [0.3, 0.4) is 0 Å². The van der Waals surface area contributed by atoms with Crippen LogP contribution in [0.2, 0.25) is 0 Å². The van der Waals surface area contributed by atoms with Gasteiger partial charge < -0.3 is 14.4 Å². The van der Waals surface area contributed by atoms with E-state index in [1.54, 1.807) is 6.20 Å². The van der Waals surface area contributed by atoms with Crippen LogP contribution in [0, 0.1) is 11.3 Å². The molecule has 1 aromatic rings. The second-order valence-corrected chi connectivity index (χ2v) is 7.87. The molecule has 1 amide bonds. The van der Waals surface area contributed by atoms with Crippen LogP contribution in [0.1, 0.15) is 37.7 Å². The van der Waals surface area contributed by atoms with Gasteiger partial charge in [0, 0.05) is 43.4 Å². The average molecular weight is 356 g/mol. The zero-order valence-electron chi connectivity index (χ0n) is 15.3. The number of nitrogens with zero attached hydrogens (tertiary/aromatic N) is 2. The molecular weight excluding hydrogens is 328 g/mol. The van der Waals surface area contributed by atoms with Crippen molar-refractivity contribution in [3.63, 3.8) is 0 Å². The van der Waals surface area contributed by atoms with Gasteiger partial charge in [-0.2, -0.15) is 0 Å². The number of aromatic nitrogens is 1. The highest BCUT2D eigenvalue weighted by atomic mass is 16.5.